The van der Waals surface area contributed by atoms with Crippen molar-refractivity contribution in [1.82, 2.24) is 4.31 Å². The quantitative estimate of drug-likeness (QED) is 0.462. The van der Waals surface area contributed by atoms with Gasteiger partial charge in [-0.2, -0.15) is 0 Å². The molecule has 0 N–H and O–H groups in total. The SMILES string of the molecule is CCN(CCCCl)S(=O)(=O)CCCOC. The second-order valence-electron chi connectivity index (χ2n) is 3.20. The molecular formula is C9H20ClNO3S. The Kier molecular flexibility index (Phi) is 8.42. The van der Waals surface area contributed by atoms with Crippen molar-refractivity contribution in [3.63, 3.8) is 0 Å². The highest BCUT2D eigenvalue weighted by Crippen LogP contribution is 2.05. The molecule has 0 saturated carbocycles. The van der Waals surface area contributed by atoms with E-state index in [0.29, 0.717) is 38.4 Å². The third-order valence-corrected chi connectivity index (χ3v) is 4.34. The lowest BCUT2D eigenvalue weighted by atomic mass is 10.5. The molecule has 92 valence electrons. The molecule has 6 heteroatoms. The summed E-state index contributed by atoms with van der Waals surface area (Å²) < 4.78 is 29.8. The van der Waals surface area contributed by atoms with Crippen LogP contribution in [-0.2, 0) is 14.8 Å². The molecule has 0 aromatic heterocycles. The first-order valence-electron chi connectivity index (χ1n) is 5.11. The lowest BCUT2D eigenvalue weighted by molar-refractivity contribution is 0.199. The lowest BCUT2D eigenvalue weighted by Gasteiger charge is -2.19. The molecule has 0 rings (SSSR count). The van der Waals surface area contributed by atoms with Gasteiger partial charge in [0.2, 0.25) is 10.0 Å². The Labute approximate surface area is 97.6 Å². The van der Waals surface area contributed by atoms with Gasteiger partial charge in [0.1, 0.15) is 0 Å². The highest BCUT2D eigenvalue weighted by molar-refractivity contribution is 7.89. The van der Waals surface area contributed by atoms with Crippen LogP contribution in [-0.4, -0.2) is 51.2 Å². The number of sulfonamides is 1. The van der Waals surface area contributed by atoms with Crippen LogP contribution in [0.25, 0.3) is 0 Å². The van der Waals surface area contributed by atoms with Crippen LogP contribution in [0.15, 0.2) is 0 Å². The lowest BCUT2D eigenvalue weighted by Crippen LogP contribution is -2.34. The van der Waals surface area contributed by atoms with E-state index < -0.39 is 10.0 Å². The van der Waals surface area contributed by atoms with Crippen LogP contribution in [0, 0.1) is 0 Å². The molecule has 0 aromatic carbocycles. The number of rotatable bonds is 9. The van der Waals surface area contributed by atoms with Crippen molar-refractivity contribution in [3.05, 3.63) is 0 Å². The zero-order valence-electron chi connectivity index (χ0n) is 9.41. The van der Waals surface area contributed by atoms with Crippen LogP contribution in [0.2, 0.25) is 0 Å². The Morgan fingerprint density at radius 1 is 1.33 bits per heavy atom. The van der Waals surface area contributed by atoms with Crippen molar-refractivity contribution < 1.29 is 13.2 Å². The average Bonchev–Trinajstić information content (AvgIpc) is 2.19. The minimum atomic E-state index is -3.12. The molecule has 0 radical (unpaired) electrons. The zero-order valence-corrected chi connectivity index (χ0v) is 11.0. The van der Waals surface area contributed by atoms with Crippen molar-refractivity contribution >= 4 is 21.6 Å². The molecule has 4 nitrogen and oxygen atoms in total. The summed E-state index contributed by atoms with van der Waals surface area (Å²) >= 11 is 5.54. The molecule has 0 aliphatic carbocycles. The van der Waals surface area contributed by atoms with Gasteiger partial charge in [-0.3, -0.25) is 0 Å². The molecular weight excluding hydrogens is 238 g/mol. The number of hydrogen-bond acceptors (Lipinski definition) is 3. The third kappa shape index (κ3) is 6.35. The number of methoxy groups -OCH3 is 1. The molecule has 0 aromatic rings. The summed E-state index contributed by atoms with van der Waals surface area (Å²) in [6.07, 6.45) is 1.23. The first-order chi connectivity index (χ1) is 7.08. The van der Waals surface area contributed by atoms with Crippen LogP contribution in [0.4, 0.5) is 0 Å². The van der Waals surface area contributed by atoms with Crippen molar-refractivity contribution in [3.8, 4) is 0 Å². The molecule has 0 aliphatic rings. The second-order valence-corrected chi connectivity index (χ2v) is 5.66. The standard InChI is InChI=1S/C9H20ClNO3S/c1-3-11(7-4-6-10)15(12,13)9-5-8-14-2/h3-9H2,1-2H3. The zero-order chi connectivity index (χ0) is 11.7. The number of hydrogen-bond donors (Lipinski definition) is 0. The average molecular weight is 258 g/mol. The number of alkyl halides is 1. The maximum absolute atomic E-state index is 11.8. The van der Waals surface area contributed by atoms with Gasteiger partial charge in [0.25, 0.3) is 0 Å². The molecule has 0 saturated heterocycles. The molecule has 0 bridgehead atoms. The van der Waals surface area contributed by atoms with Crippen LogP contribution in [0.1, 0.15) is 19.8 Å². The van der Waals surface area contributed by atoms with Gasteiger partial charge >= 0.3 is 0 Å². The van der Waals surface area contributed by atoms with E-state index in [1.165, 1.54) is 4.31 Å². The summed E-state index contributed by atoms with van der Waals surface area (Å²) in [5.41, 5.74) is 0. The maximum Gasteiger partial charge on any atom is 0.214 e. The molecule has 0 heterocycles. The third-order valence-electron chi connectivity index (χ3n) is 2.04. The monoisotopic (exact) mass is 257 g/mol. The molecule has 0 aliphatic heterocycles. The van der Waals surface area contributed by atoms with Gasteiger partial charge in [-0.15, -0.1) is 11.6 Å². The summed E-state index contributed by atoms with van der Waals surface area (Å²) in [6, 6.07) is 0. The predicted molar refractivity (Wildman–Crippen MR) is 62.9 cm³/mol. The van der Waals surface area contributed by atoms with E-state index in [-0.39, 0.29) is 5.75 Å². The maximum atomic E-state index is 11.8. The van der Waals surface area contributed by atoms with E-state index in [2.05, 4.69) is 0 Å². The van der Waals surface area contributed by atoms with Crippen LogP contribution in [0.3, 0.4) is 0 Å². The van der Waals surface area contributed by atoms with Gasteiger partial charge in [-0.05, 0) is 12.8 Å². The van der Waals surface area contributed by atoms with E-state index in [1.54, 1.807) is 7.11 Å². The Bertz CT molecular complexity index is 244. The fraction of sp³-hybridized carbons (Fsp3) is 1.00. The number of nitrogens with zero attached hydrogens (tertiary/aromatic N) is 1. The highest BCUT2D eigenvalue weighted by atomic mass is 35.5. The largest absolute Gasteiger partial charge is 0.385 e. The summed E-state index contributed by atoms with van der Waals surface area (Å²) in [7, 11) is -1.56. The van der Waals surface area contributed by atoms with Crippen LogP contribution < -0.4 is 0 Å². The minimum absolute atomic E-state index is 0.150. The fourth-order valence-electron chi connectivity index (χ4n) is 1.24. The molecule has 0 fully saturated rings. The predicted octanol–water partition coefficient (Wildman–Crippen LogP) is 1.30. The molecule has 15 heavy (non-hydrogen) atoms. The van der Waals surface area contributed by atoms with E-state index >= 15 is 0 Å². The smallest absolute Gasteiger partial charge is 0.214 e. The first-order valence-corrected chi connectivity index (χ1v) is 7.25. The van der Waals surface area contributed by atoms with E-state index in [1.807, 2.05) is 6.92 Å². The first kappa shape index (κ1) is 15.2. The Balaban J connectivity index is 4.13. The summed E-state index contributed by atoms with van der Waals surface area (Å²) in [4.78, 5) is 0. The second kappa shape index (κ2) is 8.33. The molecule has 0 spiro atoms. The van der Waals surface area contributed by atoms with Gasteiger partial charge in [-0.25, -0.2) is 12.7 Å². The van der Waals surface area contributed by atoms with Crippen molar-refractivity contribution in [1.29, 1.82) is 0 Å². The van der Waals surface area contributed by atoms with Gasteiger partial charge in [-0.1, -0.05) is 6.92 Å². The van der Waals surface area contributed by atoms with Crippen LogP contribution in [0.5, 0.6) is 0 Å². The minimum Gasteiger partial charge on any atom is -0.385 e. The number of ether oxygens (including phenoxy) is 1. The van der Waals surface area contributed by atoms with E-state index in [4.69, 9.17) is 16.3 Å². The highest BCUT2D eigenvalue weighted by Gasteiger charge is 2.18. The summed E-state index contributed by atoms with van der Waals surface area (Å²) in [5.74, 6) is 0.640. The fourth-order valence-corrected chi connectivity index (χ4v) is 2.91. The van der Waals surface area contributed by atoms with Crippen LogP contribution >= 0.6 is 11.6 Å². The van der Waals surface area contributed by atoms with Gasteiger partial charge in [0.05, 0.1) is 5.75 Å². The Morgan fingerprint density at radius 2 is 2.00 bits per heavy atom. The van der Waals surface area contributed by atoms with Gasteiger partial charge < -0.3 is 4.74 Å². The number of halogens is 1. The van der Waals surface area contributed by atoms with E-state index in [9.17, 15) is 8.42 Å². The molecule has 0 unspecified atom stereocenters. The Hall–Kier alpha value is 0.160. The molecule has 0 amide bonds. The topological polar surface area (TPSA) is 46.6 Å². The normalized spacial score (nSPS) is 12.3. The Morgan fingerprint density at radius 3 is 2.47 bits per heavy atom. The molecule has 0 atom stereocenters. The summed E-state index contributed by atoms with van der Waals surface area (Å²) in [6.45, 7) is 3.33. The van der Waals surface area contributed by atoms with E-state index in [0.717, 1.165) is 0 Å². The van der Waals surface area contributed by atoms with Gasteiger partial charge in [0, 0.05) is 32.7 Å². The van der Waals surface area contributed by atoms with Crippen molar-refractivity contribution in [2.45, 2.75) is 19.8 Å². The van der Waals surface area contributed by atoms with Gasteiger partial charge in [0.15, 0.2) is 0 Å². The van der Waals surface area contributed by atoms with Crippen molar-refractivity contribution in [2.24, 2.45) is 0 Å². The summed E-state index contributed by atoms with van der Waals surface area (Å²) in [5, 5.41) is 0. The van der Waals surface area contributed by atoms with Crippen molar-refractivity contribution in [2.75, 3.05) is 38.4 Å².